The Balaban J connectivity index is 1.92. The van der Waals surface area contributed by atoms with Gasteiger partial charge in [0.15, 0.2) is 5.65 Å². The molecule has 0 aliphatic heterocycles. The lowest BCUT2D eigenvalue weighted by atomic mass is 10.1. The maximum absolute atomic E-state index is 6.01. The lowest BCUT2D eigenvalue weighted by Crippen LogP contribution is -2.06. The molecule has 2 heterocycles. The molecule has 0 saturated heterocycles. The standard InChI is InChI=1S/C16H16ClN3/c1-12-5-2-3-6-13(12)8-10-20-15(11-17)19-14-7-4-9-18-16(14)20/h2-7,9H,8,10-11H2,1H3. The molecule has 102 valence electrons. The summed E-state index contributed by atoms with van der Waals surface area (Å²) in [6, 6.07) is 12.3. The first-order valence-corrected chi connectivity index (χ1v) is 7.23. The van der Waals surface area contributed by atoms with Crippen LogP contribution < -0.4 is 0 Å². The van der Waals surface area contributed by atoms with Gasteiger partial charge in [0, 0.05) is 12.7 Å². The number of aromatic nitrogens is 3. The van der Waals surface area contributed by atoms with Crippen LogP contribution in [-0.4, -0.2) is 14.5 Å². The summed E-state index contributed by atoms with van der Waals surface area (Å²) in [7, 11) is 0. The van der Waals surface area contributed by atoms with Crippen molar-refractivity contribution in [2.45, 2.75) is 25.8 Å². The van der Waals surface area contributed by atoms with Gasteiger partial charge in [-0.05, 0) is 36.6 Å². The van der Waals surface area contributed by atoms with E-state index in [2.05, 4.69) is 45.7 Å². The van der Waals surface area contributed by atoms with E-state index in [0.717, 1.165) is 30.0 Å². The van der Waals surface area contributed by atoms with Gasteiger partial charge in [-0.25, -0.2) is 9.97 Å². The summed E-state index contributed by atoms with van der Waals surface area (Å²) in [5, 5.41) is 0. The van der Waals surface area contributed by atoms with Crippen LogP contribution in [0.4, 0.5) is 0 Å². The number of halogens is 1. The Morgan fingerprint density at radius 2 is 2.00 bits per heavy atom. The summed E-state index contributed by atoms with van der Waals surface area (Å²) < 4.78 is 2.12. The molecule has 3 rings (SSSR count). The normalized spacial score (nSPS) is 11.1. The Labute approximate surface area is 123 Å². The van der Waals surface area contributed by atoms with Crippen LogP contribution in [0, 0.1) is 6.92 Å². The lowest BCUT2D eigenvalue weighted by Gasteiger charge is -2.09. The van der Waals surface area contributed by atoms with E-state index in [1.165, 1.54) is 11.1 Å². The van der Waals surface area contributed by atoms with Crippen LogP contribution in [0.25, 0.3) is 11.2 Å². The molecule has 3 aromatic rings. The second-order valence-electron chi connectivity index (χ2n) is 4.84. The number of aryl methyl sites for hydroxylation is 3. The van der Waals surface area contributed by atoms with Gasteiger partial charge in [-0.1, -0.05) is 24.3 Å². The number of rotatable bonds is 4. The molecule has 1 aromatic carbocycles. The van der Waals surface area contributed by atoms with Gasteiger partial charge in [-0.3, -0.25) is 0 Å². The van der Waals surface area contributed by atoms with Crippen molar-refractivity contribution >= 4 is 22.8 Å². The van der Waals surface area contributed by atoms with Gasteiger partial charge in [0.25, 0.3) is 0 Å². The zero-order chi connectivity index (χ0) is 13.9. The van der Waals surface area contributed by atoms with Gasteiger partial charge < -0.3 is 4.57 Å². The Morgan fingerprint density at radius 1 is 1.15 bits per heavy atom. The van der Waals surface area contributed by atoms with Crippen molar-refractivity contribution in [3.63, 3.8) is 0 Å². The van der Waals surface area contributed by atoms with Crippen LogP contribution in [0.2, 0.25) is 0 Å². The summed E-state index contributed by atoms with van der Waals surface area (Å²) in [4.78, 5) is 8.96. The third kappa shape index (κ3) is 2.41. The van der Waals surface area contributed by atoms with Gasteiger partial charge in [-0.15, -0.1) is 11.6 Å². The van der Waals surface area contributed by atoms with Gasteiger partial charge in [0.05, 0.1) is 5.88 Å². The third-order valence-corrected chi connectivity index (χ3v) is 3.81. The summed E-state index contributed by atoms with van der Waals surface area (Å²) >= 11 is 6.01. The zero-order valence-corrected chi connectivity index (χ0v) is 12.1. The molecule has 0 aliphatic rings. The number of hydrogen-bond acceptors (Lipinski definition) is 2. The summed E-state index contributed by atoms with van der Waals surface area (Å²) in [6.07, 6.45) is 2.75. The van der Waals surface area contributed by atoms with Gasteiger partial charge in [0.1, 0.15) is 11.3 Å². The Morgan fingerprint density at radius 3 is 2.80 bits per heavy atom. The fourth-order valence-electron chi connectivity index (χ4n) is 2.47. The zero-order valence-electron chi connectivity index (χ0n) is 11.4. The van der Waals surface area contributed by atoms with Crippen molar-refractivity contribution in [2.24, 2.45) is 0 Å². The summed E-state index contributed by atoms with van der Waals surface area (Å²) in [6.45, 7) is 2.99. The SMILES string of the molecule is Cc1ccccc1CCn1c(CCl)nc2cccnc21. The number of hydrogen-bond donors (Lipinski definition) is 0. The molecule has 0 unspecified atom stereocenters. The molecule has 0 radical (unpaired) electrons. The predicted octanol–water partition coefficient (Wildman–Crippen LogP) is 3.72. The van der Waals surface area contributed by atoms with Crippen molar-refractivity contribution < 1.29 is 0 Å². The molecule has 20 heavy (non-hydrogen) atoms. The van der Waals surface area contributed by atoms with Crippen molar-refractivity contribution in [1.82, 2.24) is 14.5 Å². The summed E-state index contributed by atoms with van der Waals surface area (Å²) in [5.74, 6) is 1.29. The number of imidazole rings is 1. The molecular formula is C16H16ClN3. The number of benzene rings is 1. The van der Waals surface area contributed by atoms with E-state index >= 15 is 0 Å². The second kappa shape index (κ2) is 5.63. The molecule has 0 amide bonds. The molecule has 0 spiro atoms. The van der Waals surface area contributed by atoms with Crippen LogP contribution in [0.3, 0.4) is 0 Å². The fraction of sp³-hybridized carbons (Fsp3) is 0.250. The highest BCUT2D eigenvalue weighted by atomic mass is 35.5. The van der Waals surface area contributed by atoms with Crippen LogP contribution >= 0.6 is 11.6 Å². The van der Waals surface area contributed by atoms with Crippen LogP contribution in [-0.2, 0) is 18.8 Å². The first kappa shape index (κ1) is 13.1. The third-order valence-electron chi connectivity index (χ3n) is 3.57. The van der Waals surface area contributed by atoms with Crippen molar-refractivity contribution in [3.05, 3.63) is 59.5 Å². The molecule has 3 nitrogen and oxygen atoms in total. The molecule has 0 fully saturated rings. The van der Waals surface area contributed by atoms with Crippen molar-refractivity contribution in [3.8, 4) is 0 Å². The van der Waals surface area contributed by atoms with Gasteiger partial charge in [0.2, 0.25) is 0 Å². The highest BCUT2D eigenvalue weighted by molar-refractivity contribution is 6.16. The van der Waals surface area contributed by atoms with E-state index < -0.39 is 0 Å². The molecule has 4 heteroatoms. The molecule has 0 N–H and O–H groups in total. The minimum absolute atomic E-state index is 0.407. The Bertz CT molecular complexity index is 733. The number of nitrogens with zero attached hydrogens (tertiary/aromatic N) is 3. The van der Waals surface area contributed by atoms with Crippen molar-refractivity contribution in [1.29, 1.82) is 0 Å². The molecule has 0 saturated carbocycles. The molecule has 0 aliphatic carbocycles. The Kier molecular flexibility index (Phi) is 3.70. The van der Waals surface area contributed by atoms with E-state index in [0.29, 0.717) is 5.88 Å². The topological polar surface area (TPSA) is 30.7 Å². The van der Waals surface area contributed by atoms with E-state index in [9.17, 15) is 0 Å². The number of fused-ring (bicyclic) bond motifs is 1. The second-order valence-corrected chi connectivity index (χ2v) is 5.10. The number of alkyl halides is 1. The van der Waals surface area contributed by atoms with Crippen LogP contribution in [0.5, 0.6) is 0 Å². The highest BCUT2D eigenvalue weighted by Gasteiger charge is 2.10. The Hall–Kier alpha value is -1.87. The highest BCUT2D eigenvalue weighted by Crippen LogP contribution is 2.17. The van der Waals surface area contributed by atoms with E-state index in [4.69, 9.17) is 11.6 Å². The fourth-order valence-corrected chi connectivity index (χ4v) is 2.67. The van der Waals surface area contributed by atoms with Crippen LogP contribution in [0.1, 0.15) is 17.0 Å². The van der Waals surface area contributed by atoms with Crippen molar-refractivity contribution in [2.75, 3.05) is 0 Å². The van der Waals surface area contributed by atoms with E-state index in [1.54, 1.807) is 6.20 Å². The monoisotopic (exact) mass is 285 g/mol. The quantitative estimate of drug-likeness (QED) is 0.684. The number of pyridine rings is 1. The first-order valence-electron chi connectivity index (χ1n) is 6.70. The van der Waals surface area contributed by atoms with E-state index in [1.807, 2.05) is 12.1 Å². The van der Waals surface area contributed by atoms with Gasteiger partial charge in [-0.2, -0.15) is 0 Å². The lowest BCUT2D eigenvalue weighted by molar-refractivity contribution is 0.680. The summed E-state index contributed by atoms with van der Waals surface area (Å²) in [5.41, 5.74) is 4.49. The average molecular weight is 286 g/mol. The maximum Gasteiger partial charge on any atom is 0.160 e. The minimum atomic E-state index is 0.407. The minimum Gasteiger partial charge on any atom is -0.311 e. The van der Waals surface area contributed by atoms with Gasteiger partial charge >= 0.3 is 0 Å². The maximum atomic E-state index is 6.01. The molecule has 2 aromatic heterocycles. The smallest absolute Gasteiger partial charge is 0.160 e. The average Bonchev–Trinajstić information content (AvgIpc) is 2.84. The molecule has 0 bridgehead atoms. The largest absolute Gasteiger partial charge is 0.311 e. The molecule has 0 atom stereocenters. The predicted molar refractivity (Wildman–Crippen MR) is 82.0 cm³/mol. The molecular weight excluding hydrogens is 270 g/mol. The van der Waals surface area contributed by atoms with Crippen LogP contribution in [0.15, 0.2) is 42.6 Å². The first-order chi connectivity index (χ1) is 9.79. The van der Waals surface area contributed by atoms with E-state index in [-0.39, 0.29) is 0 Å².